The second-order valence-corrected chi connectivity index (χ2v) is 6.30. The first-order valence-electron chi connectivity index (χ1n) is 9.17. The van der Waals surface area contributed by atoms with E-state index in [-0.39, 0.29) is 18.7 Å². The lowest BCUT2D eigenvalue weighted by Crippen LogP contribution is -2.33. The third-order valence-corrected chi connectivity index (χ3v) is 4.08. The number of benzene rings is 1. The van der Waals surface area contributed by atoms with Crippen LogP contribution in [0.2, 0.25) is 0 Å². The number of nitrogens with zero attached hydrogens (tertiary/aromatic N) is 3. The lowest BCUT2D eigenvalue weighted by molar-refractivity contribution is -0.121. The van der Waals surface area contributed by atoms with Gasteiger partial charge in [-0.15, -0.1) is 0 Å². The van der Waals surface area contributed by atoms with Gasteiger partial charge in [0.1, 0.15) is 23.9 Å². The Hall–Kier alpha value is -3.44. The molecule has 0 aliphatic heterocycles. The van der Waals surface area contributed by atoms with Crippen molar-refractivity contribution >= 4 is 12.1 Å². The summed E-state index contributed by atoms with van der Waals surface area (Å²) in [5.41, 5.74) is 3.62. The molecule has 0 aliphatic carbocycles. The highest BCUT2D eigenvalue weighted by Crippen LogP contribution is 2.15. The van der Waals surface area contributed by atoms with E-state index in [9.17, 15) is 14.9 Å². The number of aryl methyl sites for hydroxylation is 1. The van der Waals surface area contributed by atoms with Crippen molar-refractivity contribution in [1.82, 2.24) is 9.99 Å². The second-order valence-electron chi connectivity index (χ2n) is 6.30. The molecule has 1 aromatic carbocycles. The maximum Gasteiger partial charge on any atom is 0.269 e. The van der Waals surface area contributed by atoms with Crippen molar-refractivity contribution in [2.45, 2.75) is 33.4 Å². The van der Waals surface area contributed by atoms with Gasteiger partial charge in [-0.25, -0.2) is 5.43 Å². The second kappa shape index (κ2) is 10.8. The molecule has 1 amide bonds. The van der Waals surface area contributed by atoms with Gasteiger partial charge >= 0.3 is 0 Å². The number of hydrazone groups is 1. The van der Waals surface area contributed by atoms with Crippen molar-refractivity contribution in [2.24, 2.45) is 5.10 Å². The van der Waals surface area contributed by atoms with Crippen molar-refractivity contribution < 1.29 is 14.3 Å². The molecular formula is C21H24N4O4. The van der Waals surface area contributed by atoms with Gasteiger partial charge in [-0.05, 0) is 31.5 Å². The summed E-state index contributed by atoms with van der Waals surface area (Å²) in [6, 6.07) is 10.9. The summed E-state index contributed by atoms with van der Waals surface area (Å²) < 4.78 is 11.9. The molecule has 0 atom stereocenters. The summed E-state index contributed by atoms with van der Waals surface area (Å²) in [4.78, 5) is 24.8. The van der Waals surface area contributed by atoms with E-state index in [0.717, 1.165) is 12.0 Å². The largest absolute Gasteiger partial charge is 0.493 e. The minimum Gasteiger partial charge on any atom is -0.493 e. The summed E-state index contributed by atoms with van der Waals surface area (Å²) >= 11 is 0. The maximum atomic E-state index is 12.5. The number of para-hydroxylation sites is 1. The van der Waals surface area contributed by atoms with Gasteiger partial charge in [0.2, 0.25) is 0 Å². The van der Waals surface area contributed by atoms with Crippen LogP contribution < -0.4 is 15.7 Å². The van der Waals surface area contributed by atoms with Crippen LogP contribution in [0.15, 0.2) is 40.2 Å². The fourth-order valence-electron chi connectivity index (χ4n) is 2.70. The van der Waals surface area contributed by atoms with E-state index >= 15 is 0 Å². The number of pyridine rings is 1. The Morgan fingerprint density at radius 3 is 2.83 bits per heavy atom. The first-order valence-corrected chi connectivity index (χ1v) is 9.17. The Kier molecular flexibility index (Phi) is 8.12. The van der Waals surface area contributed by atoms with Gasteiger partial charge in [0, 0.05) is 23.9 Å². The van der Waals surface area contributed by atoms with Crippen LogP contribution in [0.5, 0.6) is 5.75 Å². The predicted octanol–water partition coefficient (Wildman–Crippen LogP) is 2.11. The van der Waals surface area contributed by atoms with Crippen LogP contribution in [0.25, 0.3) is 0 Å². The Balaban J connectivity index is 2.12. The van der Waals surface area contributed by atoms with Gasteiger partial charge in [0.15, 0.2) is 0 Å². The number of carbonyl (C=O) groups excluding carboxylic acids is 1. The Morgan fingerprint density at radius 1 is 1.38 bits per heavy atom. The van der Waals surface area contributed by atoms with Crippen molar-refractivity contribution in [1.29, 1.82) is 5.26 Å². The van der Waals surface area contributed by atoms with Crippen LogP contribution in [0, 0.1) is 18.3 Å². The van der Waals surface area contributed by atoms with Crippen molar-refractivity contribution in [3.05, 3.63) is 63.1 Å². The Bertz CT molecular complexity index is 989. The van der Waals surface area contributed by atoms with Gasteiger partial charge in [0.25, 0.3) is 11.5 Å². The van der Waals surface area contributed by atoms with Crippen molar-refractivity contribution in [3.8, 4) is 11.8 Å². The molecule has 152 valence electrons. The minimum absolute atomic E-state index is 0.0317. The highest BCUT2D eigenvalue weighted by Gasteiger charge is 2.14. The maximum absolute atomic E-state index is 12.5. The molecule has 0 radical (unpaired) electrons. The van der Waals surface area contributed by atoms with Crippen LogP contribution in [-0.4, -0.2) is 30.4 Å². The smallest absolute Gasteiger partial charge is 0.269 e. The number of rotatable bonds is 9. The number of hydrogen-bond donors (Lipinski definition) is 1. The topological polar surface area (TPSA) is 106 Å². The molecule has 29 heavy (non-hydrogen) atoms. The van der Waals surface area contributed by atoms with Crippen LogP contribution in [0.4, 0.5) is 0 Å². The molecule has 8 heteroatoms. The number of aromatic nitrogens is 1. The van der Waals surface area contributed by atoms with Crippen LogP contribution in [-0.2, 0) is 22.7 Å². The minimum atomic E-state index is -0.531. The standard InChI is InChI=1S/C21H24N4O4/c1-4-9-29-19-8-6-5-7-16(19)12-23-24-20(26)13-25-15(2)10-17(14-28-3)18(11-22)21(25)27/h5-8,10,12H,4,9,13-14H2,1-3H3,(H,24,26)/b23-12-. The van der Waals surface area contributed by atoms with Crippen molar-refractivity contribution in [3.63, 3.8) is 0 Å². The van der Waals surface area contributed by atoms with Crippen molar-refractivity contribution in [2.75, 3.05) is 13.7 Å². The number of nitrogens with one attached hydrogen (secondary N) is 1. The molecule has 2 aromatic rings. The van der Waals surface area contributed by atoms with E-state index in [0.29, 0.717) is 23.6 Å². The quantitative estimate of drug-likeness (QED) is 0.516. The first-order chi connectivity index (χ1) is 14.0. The predicted molar refractivity (Wildman–Crippen MR) is 109 cm³/mol. The van der Waals surface area contributed by atoms with Gasteiger partial charge in [-0.3, -0.25) is 9.59 Å². The number of amides is 1. The molecule has 0 fully saturated rings. The summed E-state index contributed by atoms with van der Waals surface area (Å²) in [5, 5.41) is 13.2. The zero-order valence-electron chi connectivity index (χ0n) is 16.8. The number of hydrogen-bond acceptors (Lipinski definition) is 6. The Morgan fingerprint density at radius 2 is 2.14 bits per heavy atom. The number of methoxy groups -OCH3 is 1. The van der Waals surface area contributed by atoms with Gasteiger partial charge in [0.05, 0.1) is 19.4 Å². The fourth-order valence-corrected chi connectivity index (χ4v) is 2.70. The number of ether oxygens (including phenoxy) is 2. The third kappa shape index (κ3) is 5.77. The third-order valence-electron chi connectivity index (χ3n) is 4.08. The van der Waals surface area contributed by atoms with Crippen LogP contribution in [0.1, 0.15) is 35.7 Å². The zero-order chi connectivity index (χ0) is 21.2. The van der Waals surface area contributed by atoms with Crippen LogP contribution >= 0.6 is 0 Å². The molecule has 1 aromatic heterocycles. The average Bonchev–Trinajstić information content (AvgIpc) is 2.71. The van der Waals surface area contributed by atoms with Gasteiger partial charge in [-0.2, -0.15) is 10.4 Å². The summed E-state index contributed by atoms with van der Waals surface area (Å²) in [6.07, 6.45) is 2.37. The lowest BCUT2D eigenvalue weighted by Gasteiger charge is -2.12. The van der Waals surface area contributed by atoms with Gasteiger partial charge < -0.3 is 14.0 Å². The fraction of sp³-hybridized carbons (Fsp3) is 0.333. The molecule has 1 N–H and O–H groups in total. The van der Waals surface area contributed by atoms with E-state index in [1.165, 1.54) is 17.9 Å². The molecular weight excluding hydrogens is 372 g/mol. The highest BCUT2D eigenvalue weighted by atomic mass is 16.5. The molecule has 1 heterocycles. The van der Waals surface area contributed by atoms with E-state index in [4.69, 9.17) is 9.47 Å². The van der Waals surface area contributed by atoms with Gasteiger partial charge in [-0.1, -0.05) is 19.1 Å². The molecule has 0 aliphatic rings. The molecule has 0 saturated heterocycles. The zero-order valence-corrected chi connectivity index (χ0v) is 16.8. The SMILES string of the molecule is CCCOc1ccccc1/C=N\NC(=O)Cn1c(C)cc(COC)c(C#N)c1=O. The average molecular weight is 396 g/mol. The Labute approximate surface area is 169 Å². The lowest BCUT2D eigenvalue weighted by atomic mass is 10.1. The molecule has 2 rings (SSSR count). The molecule has 0 saturated carbocycles. The monoisotopic (exact) mass is 396 g/mol. The number of nitriles is 1. The van der Waals surface area contributed by atoms with Crippen LogP contribution in [0.3, 0.4) is 0 Å². The van der Waals surface area contributed by atoms with E-state index in [1.807, 2.05) is 37.3 Å². The molecule has 8 nitrogen and oxygen atoms in total. The molecule has 0 bridgehead atoms. The molecule has 0 unspecified atom stereocenters. The highest BCUT2D eigenvalue weighted by molar-refractivity contribution is 5.85. The number of carbonyl (C=O) groups is 1. The van der Waals surface area contributed by atoms with E-state index in [2.05, 4.69) is 10.5 Å². The summed E-state index contributed by atoms with van der Waals surface area (Å²) in [5.74, 6) is 0.189. The first kappa shape index (κ1) is 21.9. The summed E-state index contributed by atoms with van der Waals surface area (Å²) in [7, 11) is 1.49. The molecule has 0 spiro atoms. The van der Waals surface area contributed by atoms with E-state index < -0.39 is 11.5 Å². The normalized spacial score (nSPS) is 10.7. The summed E-state index contributed by atoms with van der Waals surface area (Å²) in [6.45, 7) is 4.19. The van der Waals surface area contributed by atoms with E-state index in [1.54, 1.807) is 13.0 Å².